The van der Waals surface area contributed by atoms with Crippen LogP contribution in [-0.2, 0) is 21.5 Å². The zero-order valence-corrected chi connectivity index (χ0v) is 16.1. The van der Waals surface area contributed by atoms with Crippen molar-refractivity contribution < 1.29 is 14.3 Å². The molecule has 28 heavy (non-hydrogen) atoms. The molecule has 1 aromatic heterocycles. The Balaban J connectivity index is 1.49. The van der Waals surface area contributed by atoms with E-state index in [0.717, 1.165) is 16.8 Å². The minimum atomic E-state index is -0.524. The van der Waals surface area contributed by atoms with Crippen molar-refractivity contribution >= 4 is 17.6 Å². The number of ether oxygens (including phenoxy) is 1. The summed E-state index contributed by atoms with van der Waals surface area (Å²) in [6.07, 6.45) is 3.44. The van der Waals surface area contributed by atoms with Gasteiger partial charge >= 0.3 is 6.03 Å². The Hall–Kier alpha value is -2.93. The van der Waals surface area contributed by atoms with Gasteiger partial charge in [0.15, 0.2) is 0 Å². The average molecular weight is 380 g/mol. The summed E-state index contributed by atoms with van der Waals surface area (Å²) < 4.78 is 5.91. The quantitative estimate of drug-likeness (QED) is 0.883. The van der Waals surface area contributed by atoms with Crippen LogP contribution in [0.25, 0.3) is 0 Å². The van der Waals surface area contributed by atoms with Gasteiger partial charge in [0.25, 0.3) is 0 Å². The SMILES string of the molecule is CN(C)C(=O)N1C[C@@]2(CO[C@H](C(=O)NCc3ccncc3)C2)c2ccccc21. The first-order valence-corrected chi connectivity index (χ1v) is 9.37. The minimum Gasteiger partial charge on any atom is -0.367 e. The van der Waals surface area contributed by atoms with Gasteiger partial charge in [-0.05, 0) is 35.7 Å². The number of carbonyl (C=O) groups is 2. The standard InChI is InChI=1S/C21H24N4O3/c1-24(2)20(27)25-13-21(16-5-3-4-6-17(16)25)11-18(28-14-21)19(26)23-12-15-7-9-22-10-8-15/h3-10,18H,11-14H2,1-2H3,(H,23,26)/t18-,21-/m0/s1. The Kier molecular flexibility index (Phi) is 4.77. The van der Waals surface area contributed by atoms with E-state index in [2.05, 4.69) is 10.3 Å². The molecule has 2 aliphatic rings. The van der Waals surface area contributed by atoms with Gasteiger partial charge in [-0.2, -0.15) is 0 Å². The number of nitrogens with zero attached hydrogens (tertiary/aromatic N) is 3. The van der Waals surface area contributed by atoms with Crippen molar-refractivity contribution in [3.05, 3.63) is 59.9 Å². The van der Waals surface area contributed by atoms with E-state index in [1.165, 1.54) is 0 Å². The molecule has 0 bridgehead atoms. The Morgan fingerprint density at radius 3 is 2.75 bits per heavy atom. The largest absolute Gasteiger partial charge is 0.367 e. The molecule has 2 aliphatic heterocycles. The molecular formula is C21H24N4O3. The Morgan fingerprint density at radius 1 is 1.25 bits per heavy atom. The van der Waals surface area contributed by atoms with E-state index in [-0.39, 0.29) is 17.4 Å². The van der Waals surface area contributed by atoms with Crippen LogP contribution in [0, 0.1) is 0 Å². The fourth-order valence-corrected chi connectivity index (χ4v) is 4.05. The van der Waals surface area contributed by atoms with Gasteiger partial charge in [0.1, 0.15) is 6.10 Å². The minimum absolute atomic E-state index is 0.0603. The van der Waals surface area contributed by atoms with Gasteiger partial charge < -0.3 is 15.0 Å². The molecule has 146 valence electrons. The number of para-hydroxylation sites is 1. The van der Waals surface area contributed by atoms with Crippen LogP contribution in [0.2, 0.25) is 0 Å². The summed E-state index contributed by atoms with van der Waals surface area (Å²) in [5.41, 5.74) is 2.63. The molecule has 1 fully saturated rings. The lowest BCUT2D eigenvalue weighted by Gasteiger charge is -2.25. The summed E-state index contributed by atoms with van der Waals surface area (Å²) in [6, 6.07) is 11.6. The molecule has 3 amide bonds. The smallest absolute Gasteiger partial charge is 0.323 e. The molecule has 4 rings (SSSR count). The summed E-state index contributed by atoms with van der Waals surface area (Å²) in [7, 11) is 3.49. The van der Waals surface area contributed by atoms with Crippen molar-refractivity contribution in [1.82, 2.24) is 15.2 Å². The van der Waals surface area contributed by atoms with E-state index in [0.29, 0.717) is 26.1 Å². The average Bonchev–Trinajstić information content (AvgIpc) is 3.29. The molecule has 1 spiro atoms. The molecule has 3 heterocycles. The summed E-state index contributed by atoms with van der Waals surface area (Å²) >= 11 is 0. The van der Waals surface area contributed by atoms with Crippen molar-refractivity contribution in [1.29, 1.82) is 0 Å². The van der Waals surface area contributed by atoms with Crippen molar-refractivity contribution in [3.8, 4) is 0 Å². The molecule has 1 saturated heterocycles. The van der Waals surface area contributed by atoms with Gasteiger partial charge in [-0.25, -0.2) is 4.79 Å². The lowest BCUT2D eigenvalue weighted by Crippen LogP contribution is -2.43. The molecular weight excluding hydrogens is 356 g/mol. The highest BCUT2D eigenvalue weighted by atomic mass is 16.5. The van der Waals surface area contributed by atoms with Crippen LogP contribution in [0.5, 0.6) is 0 Å². The summed E-state index contributed by atoms with van der Waals surface area (Å²) in [5, 5.41) is 2.94. The number of rotatable bonds is 3. The zero-order valence-electron chi connectivity index (χ0n) is 16.1. The zero-order chi connectivity index (χ0) is 19.7. The van der Waals surface area contributed by atoms with Crippen LogP contribution >= 0.6 is 0 Å². The second-order valence-corrected chi connectivity index (χ2v) is 7.64. The van der Waals surface area contributed by atoms with E-state index >= 15 is 0 Å². The van der Waals surface area contributed by atoms with E-state index < -0.39 is 6.10 Å². The topological polar surface area (TPSA) is 74.8 Å². The number of hydrogen-bond donors (Lipinski definition) is 1. The first-order chi connectivity index (χ1) is 13.5. The second kappa shape index (κ2) is 7.24. The Morgan fingerprint density at radius 2 is 2.00 bits per heavy atom. The number of pyridine rings is 1. The molecule has 0 unspecified atom stereocenters. The number of fused-ring (bicyclic) bond motifs is 2. The molecule has 0 saturated carbocycles. The van der Waals surface area contributed by atoms with Crippen molar-refractivity contribution in [2.45, 2.75) is 24.5 Å². The highest BCUT2D eigenvalue weighted by molar-refractivity contribution is 5.95. The number of benzene rings is 1. The maximum absolute atomic E-state index is 12.7. The Labute approximate surface area is 164 Å². The third-order valence-corrected chi connectivity index (χ3v) is 5.49. The first-order valence-electron chi connectivity index (χ1n) is 9.37. The number of aromatic nitrogens is 1. The molecule has 7 heteroatoms. The van der Waals surface area contributed by atoms with Crippen LogP contribution < -0.4 is 10.2 Å². The summed E-state index contributed by atoms with van der Waals surface area (Å²) in [6.45, 7) is 1.39. The predicted octanol–water partition coefficient (Wildman–Crippen LogP) is 1.93. The first kappa shape index (κ1) is 18.4. The normalized spacial score (nSPS) is 22.9. The molecule has 2 atom stereocenters. The van der Waals surface area contributed by atoms with Gasteiger partial charge in [-0.3, -0.25) is 14.7 Å². The van der Waals surface area contributed by atoms with Gasteiger partial charge in [-0.1, -0.05) is 18.2 Å². The molecule has 2 aromatic rings. The summed E-state index contributed by atoms with van der Waals surface area (Å²) in [4.78, 5) is 32.6. The van der Waals surface area contributed by atoms with E-state index in [1.807, 2.05) is 36.4 Å². The third kappa shape index (κ3) is 3.22. The number of urea groups is 1. The van der Waals surface area contributed by atoms with E-state index in [9.17, 15) is 9.59 Å². The molecule has 0 radical (unpaired) electrons. The van der Waals surface area contributed by atoms with Crippen molar-refractivity contribution in [3.63, 3.8) is 0 Å². The number of amides is 3. The van der Waals surface area contributed by atoms with Gasteiger partial charge in [0.05, 0.1) is 6.61 Å². The number of nitrogens with one attached hydrogen (secondary N) is 1. The fraction of sp³-hybridized carbons (Fsp3) is 0.381. The Bertz CT molecular complexity index is 886. The third-order valence-electron chi connectivity index (χ3n) is 5.49. The van der Waals surface area contributed by atoms with Crippen LogP contribution in [0.15, 0.2) is 48.8 Å². The predicted molar refractivity (Wildman–Crippen MR) is 105 cm³/mol. The number of hydrogen-bond acceptors (Lipinski definition) is 4. The molecule has 1 N–H and O–H groups in total. The lowest BCUT2D eigenvalue weighted by molar-refractivity contribution is -0.130. The van der Waals surface area contributed by atoms with Gasteiger partial charge in [0, 0.05) is 50.7 Å². The fourth-order valence-electron chi connectivity index (χ4n) is 4.05. The number of anilines is 1. The van der Waals surface area contributed by atoms with Crippen LogP contribution in [0.1, 0.15) is 17.5 Å². The maximum atomic E-state index is 12.7. The van der Waals surface area contributed by atoms with Crippen molar-refractivity contribution in [2.75, 3.05) is 32.1 Å². The number of carbonyl (C=O) groups excluding carboxylic acids is 2. The van der Waals surface area contributed by atoms with Gasteiger partial charge in [0.2, 0.25) is 5.91 Å². The van der Waals surface area contributed by atoms with Crippen LogP contribution in [-0.4, -0.2) is 55.2 Å². The molecule has 1 aromatic carbocycles. The second-order valence-electron chi connectivity index (χ2n) is 7.64. The molecule has 0 aliphatic carbocycles. The molecule has 7 nitrogen and oxygen atoms in total. The van der Waals surface area contributed by atoms with Crippen molar-refractivity contribution in [2.24, 2.45) is 0 Å². The van der Waals surface area contributed by atoms with E-state index in [1.54, 1.807) is 36.3 Å². The van der Waals surface area contributed by atoms with Crippen LogP contribution in [0.3, 0.4) is 0 Å². The highest BCUT2D eigenvalue weighted by Crippen LogP contribution is 2.47. The lowest BCUT2D eigenvalue weighted by atomic mass is 9.80. The van der Waals surface area contributed by atoms with Gasteiger partial charge in [-0.15, -0.1) is 0 Å². The van der Waals surface area contributed by atoms with Crippen LogP contribution in [0.4, 0.5) is 10.5 Å². The highest BCUT2D eigenvalue weighted by Gasteiger charge is 2.51. The van der Waals surface area contributed by atoms with E-state index in [4.69, 9.17) is 4.74 Å². The monoisotopic (exact) mass is 380 g/mol. The maximum Gasteiger partial charge on any atom is 0.323 e. The summed E-state index contributed by atoms with van der Waals surface area (Å²) in [5.74, 6) is -0.122.